The molecule has 0 bridgehead atoms. The fourth-order valence-corrected chi connectivity index (χ4v) is 3.44. The lowest BCUT2D eigenvalue weighted by molar-refractivity contribution is 0.306. The summed E-state index contributed by atoms with van der Waals surface area (Å²) >= 11 is 8.71. The molecule has 1 unspecified atom stereocenters. The lowest BCUT2D eigenvalue weighted by Gasteiger charge is -2.46. The van der Waals surface area contributed by atoms with Gasteiger partial charge in [0.05, 0.1) is 10.7 Å². The molecule has 100 valence electrons. The first-order valence-corrected chi connectivity index (χ1v) is 7.85. The Hall–Kier alpha value is -0.0000000000000000555. The summed E-state index contributed by atoms with van der Waals surface area (Å²) in [6.45, 7) is 8.73. The van der Waals surface area contributed by atoms with Crippen LogP contribution in [0.5, 0.6) is 0 Å². The van der Waals surface area contributed by atoms with Gasteiger partial charge in [-0.25, -0.2) is 0 Å². The number of hydrogen-bond acceptors (Lipinski definition) is 2. The van der Waals surface area contributed by atoms with Gasteiger partial charge < -0.3 is 10.2 Å². The van der Waals surface area contributed by atoms with Crippen LogP contribution in [-0.2, 0) is 0 Å². The van der Waals surface area contributed by atoms with E-state index in [4.69, 9.17) is 11.6 Å². The Morgan fingerprint density at radius 3 is 2.83 bits per heavy atom. The molecule has 1 aromatic carbocycles. The monoisotopic (exact) mass is 378 g/mol. The fraction of sp³-hybridized carbons (Fsp3) is 0.571. The summed E-state index contributed by atoms with van der Waals surface area (Å²) < 4.78 is 1.18. The molecule has 1 fully saturated rings. The zero-order valence-electron chi connectivity index (χ0n) is 11.1. The molecule has 1 aliphatic rings. The van der Waals surface area contributed by atoms with Crippen LogP contribution in [0.2, 0.25) is 5.02 Å². The first-order chi connectivity index (χ1) is 8.43. The number of benzene rings is 1. The number of anilines is 1. The van der Waals surface area contributed by atoms with Crippen LogP contribution in [0.15, 0.2) is 18.2 Å². The molecule has 2 nitrogen and oxygen atoms in total. The van der Waals surface area contributed by atoms with Gasteiger partial charge in [-0.3, -0.25) is 0 Å². The number of hydrogen-bond donors (Lipinski definition) is 1. The third-order valence-corrected chi connectivity index (χ3v) is 4.49. The van der Waals surface area contributed by atoms with Crippen molar-refractivity contribution in [3.8, 4) is 0 Å². The molecule has 0 radical (unpaired) electrons. The van der Waals surface area contributed by atoms with Gasteiger partial charge in [0, 0.05) is 28.2 Å². The number of halogens is 2. The van der Waals surface area contributed by atoms with Gasteiger partial charge in [0.25, 0.3) is 0 Å². The van der Waals surface area contributed by atoms with Gasteiger partial charge in [-0.2, -0.15) is 0 Å². The van der Waals surface area contributed by atoms with Gasteiger partial charge >= 0.3 is 0 Å². The van der Waals surface area contributed by atoms with Crippen molar-refractivity contribution >= 4 is 39.9 Å². The minimum Gasteiger partial charge on any atom is -0.364 e. The molecular weight excluding hydrogens is 359 g/mol. The topological polar surface area (TPSA) is 15.3 Å². The van der Waals surface area contributed by atoms with Crippen molar-refractivity contribution in [2.75, 3.05) is 18.0 Å². The van der Waals surface area contributed by atoms with Crippen LogP contribution < -0.4 is 10.2 Å². The second kappa shape index (κ2) is 5.55. The molecule has 1 aliphatic heterocycles. The van der Waals surface area contributed by atoms with E-state index in [1.165, 1.54) is 9.26 Å². The minimum atomic E-state index is 0.137. The first-order valence-electron chi connectivity index (χ1n) is 6.39. The van der Waals surface area contributed by atoms with Crippen molar-refractivity contribution in [1.82, 2.24) is 5.32 Å². The van der Waals surface area contributed by atoms with Gasteiger partial charge in [-0.05, 0) is 61.1 Å². The average molecular weight is 379 g/mol. The van der Waals surface area contributed by atoms with Crippen LogP contribution >= 0.6 is 34.2 Å². The molecule has 0 aromatic heterocycles. The second-order valence-electron chi connectivity index (χ2n) is 5.55. The van der Waals surface area contributed by atoms with E-state index in [1.807, 2.05) is 6.07 Å². The smallest absolute Gasteiger partial charge is 0.0650 e. The summed E-state index contributed by atoms with van der Waals surface area (Å²) in [7, 11) is 0. The molecule has 1 N–H and O–H groups in total. The summed E-state index contributed by atoms with van der Waals surface area (Å²) in [5, 5.41) is 4.46. The third-order valence-electron chi connectivity index (χ3n) is 3.51. The van der Waals surface area contributed by atoms with E-state index in [9.17, 15) is 0 Å². The van der Waals surface area contributed by atoms with E-state index in [2.05, 4.69) is 65.7 Å². The highest BCUT2D eigenvalue weighted by Crippen LogP contribution is 2.32. The standard InChI is InChI=1S/C14H20ClIN2/c1-4-11-8-17-14(2,3)9-18(11)13-6-5-10(16)7-12(13)15/h5-7,11,17H,4,8-9H2,1-3H3. The summed E-state index contributed by atoms with van der Waals surface area (Å²) in [6, 6.07) is 6.84. The van der Waals surface area contributed by atoms with Crippen LogP contribution in [0.1, 0.15) is 27.2 Å². The zero-order valence-corrected chi connectivity index (χ0v) is 14.0. The van der Waals surface area contributed by atoms with Crippen LogP contribution in [0.25, 0.3) is 0 Å². The van der Waals surface area contributed by atoms with Crippen LogP contribution in [0.4, 0.5) is 5.69 Å². The third kappa shape index (κ3) is 3.11. The first kappa shape index (κ1) is 14.4. The van der Waals surface area contributed by atoms with Crippen LogP contribution in [-0.4, -0.2) is 24.7 Å². The summed E-state index contributed by atoms with van der Waals surface area (Å²) in [4.78, 5) is 2.45. The van der Waals surface area contributed by atoms with E-state index in [-0.39, 0.29) is 5.54 Å². The molecule has 0 aliphatic carbocycles. The largest absolute Gasteiger partial charge is 0.364 e. The molecule has 0 saturated carbocycles. The lowest BCUT2D eigenvalue weighted by atomic mass is 9.97. The van der Waals surface area contributed by atoms with E-state index in [0.29, 0.717) is 6.04 Å². The van der Waals surface area contributed by atoms with Crippen molar-refractivity contribution in [3.05, 3.63) is 26.8 Å². The van der Waals surface area contributed by atoms with E-state index in [0.717, 1.165) is 24.5 Å². The number of nitrogens with zero attached hydrogens (tertiary/aromatic N) is 1. The van der Waals surface area contributed by atoms with Gasteiger partial charge in [-0.1, -0.05) is 18.5 Å². The Bertz CT molecular complexity index is 434. The van der Waals surface area contributed by atoms with Crippen molar-refractivity contribution in [2.24, 2.45) is 0 Å². The molecule has 1 saturated heterocycles. The summed E-state index contributed by atoms with van der Waals surface area (Å²) in [6.07, 6.45) is 1.13. The second-order valence-corrected chi connectivity index (χ2v) is 7.20. The highest BCUT2D eigenvalue weighted by Gasteiger charge is 2.32. The zero-order chi connectivity index (χ0) is 13.3. The maximum atomic E-state index is 6.41. The Morgan fingerprint density at radius 1 is 1.50 bits per heavy atom. The van der Waals surface area contributed by atoms with Crippen LogP contribution in [0.3, 0.4) is 0 Å². The Balaban J connectivity index is 2.32. The Morgan fingerprint density at radius 2 is 2.22 bits per heavy atom. The van der Waals surface area contributed by atoms with Crippen molar-refractivity contribution in [1.29, 1.82) is 0 Å². The van der Waals surface area contributed by atoms with E-state index >= 15 is 0 Å². The maximum Gasteiger partial charge on any atom is 0.0650 e. The van der Waals surface area contributed by atoms with Crippen molar-refractivity contribution < 1.29 is 0 Å². The number of nitrogens with one attached hydrogen (secondary N) is 1. The predicted octanol–water partition coefficient (Wildman–Crippen LogP) is 3.91. The molecule has 1 heterocycles. The normalized spacial score (nSPS) is 23.2. The highest BCUT2D eigenvalue weighted by atomic mass is 127. The SMILES string of the molecule is CCC1CNC(C)(C)CN1c1ccc(I)cc1Cl. The molecular formula is C14H20ClIN2. The summed E-state index contributed by atoms with van der Waals surface area (Å²) in [5.74, 6) is 0. The molecule has 4 heteroatoms. The van der Waals surface area contributed by atoms with Gasteiger partial charge in [0.15, 0.2) is 0 Å². The number of piperazine rings is 1. The van der Waals surface area contributed by atoms with E-state index in [1.54, 1.807) is 0 Å². The molecule has 2 rings (SSSR count). The minimum absolute atomic E-state index is 0.137. The predicted molar refractivity (Wildman–Crippen MR) is 87.7 cm³/mol. The van der Waals surface area contributed by atoms with Gasteiger partial charge in [0.2, 0.25) is 0 Å². The quantitative estimate of drug-likeness (QED) is 0.785. The van der Waals surface area contributed by atoms with Gasteiger partial charge in [0.1, 0.15) is 0 Å². The highest BCUT2D eigenvalue weighted by molar-refractivity contribution is 14.1. The fourth-order valence-electron chi connectivity index (χ4n) is 2.48. The molecule has 1 aromatic rings. The molecule has 18 heavy (non-hydrogen) atoms. The Kier molecular flexibility index (Phi) is 4.44. The maximum absolute atomic E-state index is 6.41. The van der Waals surface area contributed by atoms with E-state index < -0.39 is 0 Å². The molecule has 1 atom stereocenters. The van der Waals surface area contributed by atoms with Gasteiger partial charge in [-0.15, -0.1) is 0 Å². The van der Waals surface area contributed by atoms with Crippen molar-refractivity contribution in [2.45, 2.75) is 38.8 Å². The average Bonchev–Trinajstić information content (AvgIpc) is 2.28. The lowest BCUT2D eigenvalue weighted by Crippen LogP contribution is -2.61. The number of rotatable bonds is 2. The molecule has 0 spiro atoms. The van der Waals surface area contributed by atoms with Crippen molar-refractivity contribution in [3.63, 3.8) is 0 Å². The van der Waals surface area contributed by atoms with Crippen LogP contribution in [0, 0.1) is 3.57 Å². The Labute approximate surface area is 128 Å². The summed E-state index contributed by atoms with van der Waals surface area (Å²) in [5.41, 5.74) is 1.30. The molecule has 0 amide bonds.